The van der Waals surface area contributed by atoms with Gasteiger partial charge in [0.1, 0.15) is 6.54 Å². The number of aromatic carboxylic acids is 1. The summed E-state index contributed by atoms with van der Waals surface area (Å²) in [5, 5.41) is 16.1. The summed E-state index contributed by atoms with van der Waals surface area (Å²) in [5.74, 6) is -2.12. The summed E-state index contributed by atoms with van der Waals surface area (Å²) in [6.45, 7) is 3.33. The van der Waals surface area contributed by atoms with Gasteiger partial charge < -0.3 is 14.7 Å². The van der Waals surface area contributed by atoms with Gasteiger partial charge in [-0.15, -0.1) is 5.10 Å². The molecule has 2 rings (SSSR count). The Morgan fingerprint density at radius 2 is 2.08 bits per heavy atom. The predicted molar refractivity (Wildman–Crippen MR) is 88.7 cm³/mol. The fourth-order valence-electron chi connectivity index (χ4n) is 2.04. The Hall–Kier alpha value is -3.17. The van der Waals surface area contributed by atoms with E-state index >= 15 is 0 Å². The molecule has 0 spiro atoms. The fourth-order valence-corrected chi connectivity index (χ4v) is 2.04. The average Bonchev–Trinajstić information content (AvgIpc) is 2.94. The molecule has 134 valence electrons. The van der Waals surface area contributed by atoms with E-state index in [9.17, 15) is 19.5 Å². The zero-order chi connectivity index (χ0) is 18.7. The first-order chi connectivity index (χ1) is 11.7. The molecule has 1 amide bonds. The maximum atomic E-state index is 11.7. The molecule has 10 heteroatoms. The molecule has 2 aromatic rings. The Bertz CT molecular complexity index is 829. The quantitative estimate of drug-likeness (QED) is 0.727. The molecule has 0 fully saturated rings. The van der Waals surface area contributed by atoms with E-state index < -0.39 is 11.9 Å². The number of carboxylic acid groups (broad SMARTS) is 1. The van der Waals surface area contributed by atoms with Crippen LogP contribution in [-0.2, 0) is 14.3 Å². The first-order valence-electron chi connectivity index (χ1n) is 7.45. The zero-order valence-corrected chi connectivity index (χ0v) is 14.3. The van der Waals surface area contributed by atoms with Crippen LogP contribution in [0.1, 0.15) is 24.2 Å². The number of nitrogens with zero attached hydrogens (tertiary/aromatic N) is 4. The number of pyridine rings is 1. The normalized spacial score (nSPS) is 10.8. The van der Waals surface area contributed by atoms with Gasteiger partial charge in [0.2, 0.25) is 11.9 Å². The van der Waals surface area contributed by atoms with Crippen LogP contribution in [0.5, 0.6) is 0 Å². The van der Waals surface area contributed by atoms with Crippen molar-refractivity contribution in [3.05, 3.63) is 17.8 Å². The van der Waals surface area contributed by atoms with E-state index in [-0.39, 0.29) is 41.2 Å². The van der Waals surface area contributed by atoms with Crippen LogP contribution >= 0.6 is 0 Å². The lowest BCUT2D eigenvalue weighted by molar-refractivity contribution is -0.138. The summed E-state index contributed by atoms with van der Waals surface area (Å²) in [5.41, 5.74) is 0.469. The monoisotopic (exact) mass is 349 g/mol. The molecule has 0 aliphatic carbocycles. The van der Waals surface area contributed by atoms with Crippen molar-refractivity contribution in [3.63, 3.8) is 0 Å². The van der Waals surface area contributed by atoms with E-state index in [0.29, 0.717) is 0 Å². The highest BCUT2D eigenvalue weighted by Gasteiger charge is 2.19. The molecule has 0 atom stereocenters. The van der Waals surface area contributed by atoms with Gasteiger partial charge in [0.15, 0.2) is 5.65 Å². The number of amides is 1. The molecule has 0 bridgehead atoms. The van der Waals surface area contributed by atoms with Gasteiger partial charge in [-0.05, 0) is 6.07 Å². The number of carboxylic acids is 1. The number of rotatable bonds is 6. The van der Waals surface area contributed by atoms with E-state index in [1.807, 2.05) is 0 Å². The summed E-state index contributed by atoms with van der Waals surface area (Å²) >= 11 is 0. The average molecular weight is 349 g/mol. The SMILES string of the molecule is COC(=O)CN(C)c1cn2nc(NC(=O)C(C)C)nc2cc1C(=O)O. The summed E-state index contributed by atoms with van der Waals surface area (Å²) in [6, 6.07) is 1.32. The first kappa shape index (κ1) is 18.2. The van der Waals surface area contributed by atoms with Gasteiger partial charge in [-0.3, -0.25) is 14.9 Å². The van der Waals surface area contributed by atoms with Crippen LogP contribution in [0, 0.1) is 5.92 Å². The standard InChI is InChI=1S/C15H19N5O5/c1-8(2)13(22)17-15-16-11-5-9(14(23)24)10(6-20(11)18-15)19(3)7-12(21)25-4/h5-6,8H,7H2,1-4H3,(H,23,24)(H,17,18,22). The Morgan fingerprint density at radius 1 is 1.40 bits per heavy atom. The Balaban J connectivity index is 2.44. The second kappa shape index (κ2) is 7.16. The number of likely N-dealkylation sites (N-methyl/N-ethyl adjacent to an activating group) is 1. The maximum Gasteiger partial charge on any atom is 0.338 e. The van der Waals surface area contributed by atoms with Crippen LogP contribution in [0.15, 0.2) is 12.3 Å². The van der Waals surface area contributed by atoms with Crippen LogP contribution in [0.4, 0.5) is 11.6 Å². The van der Waals surface area contributed by atoms with Gasteiger partial charge in [-0.25, -0.2) is 9.31 Å². The van der Waals surface area contributed by atoms with Gasteiger partial charge in [-0.2, -0.15) is 4.98 Å². The number of esters is 1. The third-order valence-corrected chi connectivity index (χ3v) is 3.45. The highest BCUT2D eigenvalue weighted by molar-refractivity contribution is 5.96. The molecule has 0 saturated heterocycles. The van der Waals surface area contributed by atoms with Crippen molar-refractivity contribution in [2.45, 2.75) is 13.8 Å². The number of anilines is 2. The Morgan fingerprint density at radius 3 is 2.64 bits per heavy atom. The molecule has 0 saturated carbocycles. The minimum absolute atomic E-state index is 0.0481. The van der Waals surface area contributed by atoms with Crippen molar-refractivity contribution in [1.29, 1.82) is 0 Å². The predicted octanol–water partition coefficient (Wildman–Crippen LogP) is 0.631. The number of hydrogen-bond acceptors (Lipinski definition) is 7. The molecular formula is C15H19N5O5. The molecule has 2 heterocycles. The van der Waals surface area contributed by atoms with Gasteiger partial charge in [-0.1, -0.05) is 13.8 Å². The lowest BCUT2D eigenvalue weighted by Crippen LogP contribution is -2.28. The summed E-state index contributed by atoms with van der Waals surface area (Å²) < 4.78 is 5.93. The van der Waals surface area contributed by atoms with Crippen molar-refractivity contribution < 1.29 is 24.2 Å². The fraction of sp³-hybridized carbons (Fsp3) is 0.400. The number of aromatic nitrogens is 3. The van der Waals surface area contributed by atoms with Crippen molar-refractivity contribution in [2.75, 3.05) is 30.9 Å². The van der Waals surface area contributed by atoms with E-state index in [2.05, 4.69) is 20.1 Å². The van der Waals surface area contributed by atoms with Gasteiger partial charge in [0, 0.05) is 13.0 Å². The van der Waals surface area contributed by atoms with Crippen LogP contribution in [0.3, 0.4) is 0 Å². The summed E-state index contributed by atoms with van der Waals surface area (Å²) in [7, 11) is 2.81. The lowest BCUT2D eigenvalue weighted by atomic mass is 10.2. The van der Waals surface area contributed by atoms with Gasteiger partial charge in [0.25, 0.3) is 0 Å². The lowest BCUT2D eigenvalue weighted by Gasteiger charge is -2.19. The molecule has 0 unspecified atom stereocenters. The number of nitrogens with one attached hydrogen (secondary N) is 1. The smallest absolute Gasteiger partial charge is 0.338 e. The van der Waals surface area contributed by atoms with Crippen molar-refractivity contribution in [2.24, 2.45) is 5.92 Å². The molecule has 10 nitrogen and oxygen atoms in total. The maximum absolute atomic E-state index is 11.7. The number of hydrogen-bond donors (Lipinski definition) is 2. The molecular weight excluding hydrogens is 330 g/mol. The van der Waals surface area contributed by atoms with Crippen LogP contribution in [0.2, 0.25) is 0 Å². The van der Waals surface area contributed by atoms with Crippen molar-refractivity contribution >= 4 is 35.1 Å². The number of carbonyl (C=O) groups excluding carboxylic acids is 2. The Labute approximate surface area is 143 Å². The summed E-state index contributed by atoms with van der Waals surface area (Å²) in [6.07, 6.45) is 1.43. The van der Waals surface area contributed by atoms with Gasteiger partial charge in [0.05, 0.1) is 24.6 Å². The van der Waals surface area contributed by atoms with Crippen LogP contribution in [0.25, 0.3) is 5.65 Å². The molecule has 0 radical (unpaired) electrons. The van der Waals surface area contributed by atoms with Crippen molar-refractivity contribution in [1.82, 2.24) is 14.6 Å². The minimum atomic E-state index is -1.18. The zero-order valence-electron chi connectivity index (χ0n) is 14.3. The second-order valence-corrected chi connectivity index (χ2v) is 5.69. The number of ether oxygens (including phenoxy) is 1. The Kier molecular flexibility index (Phi) is 5.20. The third kappa shape index (κ3) is 4.03. The van der Waals surface area contributed by atoms with E-state index in [0.717, 1.165) is 0 Å². The van der Waals surface area contributed by atoms with Crippen LogP contribution in [-0.4, -0.2) is 58.3 Å². The van der Waals surface area contributed by atoms with E-state index in [4.69, 9.17) is 0 Å². The molecule has 0 aromatic carbocycles. The summed E-state index contributed by atoms with van der Waals surface area (Å²) in [4.78, 5) is 40.2. The second-order valence-electron chi connectivity index (χ2n) is 5.69. The topological polar surface area (TPSA) is 126 Å². The molecule has 0 aliphatic rings. The molecule has 0 aliphatic heterocycles. The number of carbonyl (C=O) groups is 3. The number of methoxy groups -OCH3 is 1. The van der Waals surface area contributed by atoms with E-state index in [1.54, 1.807) is 20.9 Å². The van der Waals surface area contributed by atoms with E-state index in [1.165, 1.54) is 28.8 Å². The van der Waals surface area contributed by atoms with Gasteiger partial charge >= 0.3 is 11.9 Å². The first-order valence-corrected chi connectivity index (χ1v) is 7.45. The highest BCUT2D eigenvalue weighted by Crippen LogP contribution is 2.22. The largest absolute Gasteiger partial charge is 0.478 e. The number of fused-ring (bicyclic) bond motifs is 1. The highest BCUT2D eigenvalue weighted by atomic mass is 16.5. The molecule has 25 heavy (non-hydrogen) atoms. The minimum Gasteiger partial charge on any atom is -0.478 e. The van der Waals surface area contributed by atoms with Crippen LogP contribution < -0.4 is 10.2 Å². The third-order valence-electron chi connectivity index (χ3n) is 3.45. The van der Waals surface area contributed by atoms with Crippen molar-refractivity contribution in [3.8, 4) is 0 Å². The molecule has 2 aromatic heterocycles. The molecule has 2 N–H and O–H groups in total.